The summed E-state index contributed by atoms with van der Waals surface area (Å²) in [6, 6.07) is 60.8. The molecule has 7 rings (SSSR count). The number of hydrogen-bond acceptors (Lipinski definition) is 2. The Morgan fingerprint density at radius 1 is 0.288 bits per heavy atom. The molecule has 0 amide bonds. The van der Waals surface area contributed by atoms with Gasteiger partial charge in [-0.1, -0.05) is 145 Å². The number of aryl methyl sites for hydroxylation is 4. The topological polar surface area (TPSA) is 6.48 Å². The first-order valence-electron chi connectivity index (χ1n) is 17.9. The summed E-state index contributed by atoms with van der Waals surface area (Å²) in [7, 11) is 0. The summed E-state index contributed by atoms with van der Waals surface area (Å²) in [4.78, 5) is 4.66. The normalized spacial score (nSPS) is 11.3. The molecule has 0 radical (unpaired) electrons. The van der Waals surface area contributed by atoms with Crippen LogP contribution in [0.25, 0.3) is 24.3 Å². The minimum absolute atomic E-state index is 1.13. The standard InChI is InChI=1S/C50H44N2/c1-37-13-29-45(30-14-37)51(46-31-15-38(2)16-32-46)47-33-25-43(26-34-47)23-21-41-17-19-42(20-18-41)22-24-44-27-35-48(36-28-44)52(49-11-7-5-9-39(49)3)50-12-8-6-10-40(50)4/h5-36H,1-4H3. The number of hydrogen-bond donors (Lipinski definition) is 0. The summed E-state index contributed by atoms with van der Waals surface area (Å²) in [5.41, 5.74) is 16.6. The van der Waals surface area contributed by atoms with E-state index in [9.17, 15) is 0 Å². The molecule has 2 nitrogen and oxygen atoms in total. The van der Waals surface area contributed by atoms with E-state index in [-0.39, 0.29) is 0 Å². The Morgan fingerprint density at radius 3 is 0.885 bits per heavy atom. The van der Waals surface area contributed by atoms with Crippen LogP contribution >= 0.6 is 0 Å². The average Bonchev–Trinajstić information content (AvgIpc) is 3.18. The molecule has 2 heteroatoms. The fraction of sp³-hybridized carbons (Fsp3) is 0.0800. The van der Waals surface area contributed by atoms with Gasteiger partial charge in [0.25, 0.3) is 0 Å². The lowest BCUT2D eigenvalue weighted by atomic mass is 10.1. The Morgan fingerprint density at radius 2 is 0.558 bits per heavy atom. The van der Waals surface area contributed by atoms with Gasteiger partial charge in [0, 0.05) is 34.1 Å². The van der Waals surface area contributed by atoms with Crippen molar-refractivity contribution < 1.29 is 0 Å². The predicted molar refractivity (Wildman–Crippen MR) is 225 cm³/mol. The molecule has 7 aromatic rings. The molecule has 7 aromatic carbocycles. The van der Waals surface area contributed by atoms with Gasteiger partial charge >= 0.3 is 0 Å². The molecule has 0 N–H and O–H groups in total. The zero-order valence-corrected chi connectivity index (χ0v) is 30.4. The molecule has 0 bridgehead atoms. The number of nitrogens with zero attached hydrogens (tertiary/aromatic N) is 2. The van der Waals surface area contributed by atoms with Crippen LogP contribution in [0.5, 0.6) is 0 Å². The van der Waals surface area contributed by atoms with E-state index in [2.05, 4.69) is 232 Å². The number of anilines is 6. The predicted octanol–water partition coefficient (Wildman–Crippen LogP) is 14.2. The Balaban J connectivity index is 1.03. The lowest BCUT2D eigenvalue weighted by Crippen LogP contribution is -2.12. The van der Waals surface area contributed by atoms with E-state index in [4.69, 9.17) is 0 Å². The molecule has 0 fully saturated rings. The molecule has 52 heavy (non-hydrogen) atoms. The van der Waals surface area contributed by atoms with E-state index in [1.807, 2.05) is 0 Å². The SMILES string of the molecule is Cc1ccc(N(c2ccc(C)cc2)c2ccc(C=Cc3ccc(C=Cc4ccc(N(c5ccccc5C)c5ccccc5C)cc4)cc3)cc2)cc1. The van der Waals surface area contributed by atoms with Crippen molar-refractivity contribution in [2.24, 2.45) is 0 Å². The van der Waals surface area contributed by atoms with Crippen LogP contribution in [-0.4, -0.2) is 0 Å². The van der Waals surface area contributed by atoms with E-state index in [1.54, 1.807) is 0 Å². The average molecular weight is 673 g/mol. The van der Waals surface area contributed by atoms with Crippen molar-refractivity contribution in [1.82, 2.24) is 0 Å². The smallest absolute Gasteiger partial charge is 0.0490 e. The van der Waals surface area contributed by atoms with Gasteiger partial charge in [-0.05, 0) is 122 Å². The Kier molecular flexibility index (Phi) is 10.3. The first kappa shape index (κ1) is 34.1. The van der Waals surface area contributed by atoms with Crippen molar-refractivity contribution in [1.29, 1.82) is 0 Å². The number of para-hydroxylation sites is 2. The van der Waals surface area contributed by atoms with Crippen molar-refractivity contribution in [2.45, 2.75) is 27.7 Å². The van der Waals surface area contributed by atoms with E-state index in [0.717, 1.165) is 33.9 Å². The molecule has 0 aliphatic carbocycles. The van der Waals surface area contributed by atoms with Crippen LogP contribution in [0.3, 0.4) is 0 Å². The second-order valence-electron chi connectivity index (χ2n) is 13.4. The highest BCUT2D eigenvalue weighted by atomic mass is 15.1. The second kappa shape index (κ2) is 15.7. The van der Waals surface area contributed by atoms with Crippen LogP contribution in [0.15, 0.2) is 170 Å². The lowest BCUT2D eigenvalue weighted by molar-refractivity contribution is 1.22. The van der Waals surface area contributed by atoms with Crippen LogP contribution in [0.4, 0.5) is 34.1 Å². The third-order valence-electron chi connectivity index (χ3n) is 9.47. The maximum Gasteiger partial charge on any atom is 0.0490 e. The lowest BCUT2D eigenvalue weighted by Gasteiger charge is -2.28. The highest BCUT2D eigenvalue weighted by molar-refractivity contribution is 5.82. The van der Waals surface area contributed by atoms with Gasteiger partial charge in [-0.2, -0.15) is 0 Å². The number of rotatable bonds is 10. The zero-order chi connectivity index (χ0) is 35.9. The van der Waals surface area contributed by atoms with E-state index < -0.39 is 0 Å². The molecule has 0 atom stereocenters. The summed E-state index contributed by atoms with van der Waals surface area (Å²) in [6.45, 7) is 8.59. The van der Waals surface area contributed by atoms with Crippen molar-refractivity contribution in [3.8, 4) is 0 Å². The van der Waals surface area contributed by atoms with E-state index >= 15 is 0 Å². The van der Waals surface area contributed by atoms with Gasteiger partial charge in [0.2, 0.25) is 0 Å². The van der Waals surface area contributed by atoms with E-state index in [1.165, 1.54) is 44.8 Å². The fourth-order valence-electron chi connectivity index (χ4n) is 6.44. The maximum atomic E-state index is 2.35. The zero-order valence-electron chi connectivity index (χ0n) is 30.4. The minimum atomic E-state index is 1.13. The molecule has 0 unspecified atom stereocenters. The second-order valence-corrected chi connectivity index (χ2v) is 13.4. The molecule has 0 aliphatic heterocycles. The van der Waals surface area contributed by atoms with Gasteiger partial charge in [0.1, 0.15) is 0 Å². The minimum Gasteiger partial charge on any atom is -0.311 e. The van der Waals surface area contributed by atoms with Crippen molar-refractivity contribution in [3.05, 3.63) is 214 Å². The molecule has 0 aromatic heterocycles. The molecule has 0 saturated heterocycles. The summed E-state index contributed by atoms with van der Waals surface area (Å²) in [5.74, 6) is 0. The Labute approximate surface area is 309 Å². The first-order chi connectivity index (χ1) is 25.4. The van der Waals surface area contributed by atoms with Gasteiger partial charge in [-0.25, -0.2) is 0 Å². The Bertz CT molecular complexity index is 2200. The summed E-state index contributed by atoms with van der Waals surface area (Å²) < 4.78 is 0. The molecule has 0 aliphatic rings. The molecular formula is C50H44N2. The molecule has 254 valence electrons. The van der Waals surface area contributed by atoms with E-state index in [0.29, 0.717) is 0 Å². The van der Waals surface area contributed by atoms with Crippen LogP contribution in [-0.2, 0) is 0 Å². The van der Waals surface area contributed by atoms with Crippen molar-refractivity contribution in [3.63, 3.8) is 0 Å². The summed E-state index contributed by atoms with van der Waals surface area (Å²) in [6.07, 6.45) is 8.71. The highest BCUT2D eigenvalue weighted by Crippen LogP contribution is 2.38. The third kappa shape index (κ3) is 7.98. The third-order valence-corrected chi connectivity index (χ3v) is 9.47. The largest absolute Gasteiger partial charge is 0.311 e. The van der Waals surface area contributed by atoms with Gasteiger partial charge in [-0.3, -0.25) is 0 Å². The molecule has 0 saturated carbocycles. The Hall–Kier alpha value is -6.38. The summed E-state index contributed by atoms with van der Waals surface area (Å²) in [5, 5.41) is 0. The van der Waals surface area contributed by atoms with Gasteiger partial charge in [0.05, 0.1) is 0 Å². The van der Waals surface area contributed by atoms with Crippen LogP contribution in [0.1, 0.15) is 44.5 Å². The van der Waals surface area contributed by atoms with Gasteiger partial charge in [-0.15, -0.1) is 0 Å². The highest BCUT2D eigenvalue weighted by Gasteiger charge is 2.16. The summed E-state index contributed by atoms with van der Waals surface area (Å²) >= 11 is 0. The quantitative estimate of drug-likeness (QED) is 0.133. The molecular weight excluding hydrogens is 629 g/mol. The van der Waals surface area contributed by atoms with Crippen LogP contribution < -0.4 is 9.80 Å². The monoisotopic (exact) mass is 672 g/mol. The van der Waals surface area contributed by atoms with Crippen molar-refractivity contribution in [2.75, 3.05) is 9.80 Å². The number of benzene rings is 7. The maximum absolute atomic E-state index is 2.35. The van der Waals surface area contributed by atoms with Gasteiger partial charge < -0.3 is 9.80 Å². The van der Waals surface area contributed by atoms with Gasteiger partial charge in [0.15, 0.2) is 0 Å². The fourth-order valence-corrected chi connectivity index (χ4v) is 6.44. The molecule has 0 spiro atoms. The first-order valence-corrected chi connectivity index (χ1v) is 17.9. The van der Waals surface area contributed by atoms with Crippen LogP contribution in [0, 0.1) is 27.7 Å². The van der Waals surface area contributed by atoms with Crippen LogP contribution in [0.2, 0.25) is 0 Å². The molecule has 0 heterocycles. The van der Waals surface area contributed by atoms with Crippen molar-refractivity contribution >= 4 is 58.4 Å².